The van der Waals surface area contributed by atoms with Crippen molar-refractivity contribution in [2.75, 3.05) is 30.8 Å². The van der Waals surface area contributed by atoms with Gasteiger partial charge in [-0.1, -0.05) is 30.3 Å². The number of aryl methyl sites for hydroxylation is 2. The number of ether oxygens (including phenoxy) is 1. The van der Waals surface area contributed by atoms with E-state index in [1.807, 2.05) is 30.3 Å². The fourth-order valence-electron chi connectivity index (χ4n) is 4.98. The second-order valence-electron chi connectivity index (χ2n) is 10.2. The van der Waals surface area contributed by atoms with Crippen LogP contribution in [-0.4, -0.2) is 57.7 Å². The molecule has 11 nitrogen and oxygen atoms in total. The number of nitrogens with one attached hydrogen (secondary N) is 3. The van der Waals surface area contributed by atoms with E-state index in [4.69, 9.17) is 4.74 Å². The Morgan fingerprint density at radius 2 is 1.83 bits per heavy atom. The number of anilines is 2. The molecule has 1 fully saturated rings. The van der Waals surface area contributed by atoms with E-state index in [9.17, 15) is 18.8 Å². The molecule has 0 saturated carbocycles. The number of urea groups is 1. The van der Waals surface area contributed by atoms with Gasteiger partial charge in [0.2, 0.25) is 5.95 Å². The summed E-state index contributed by atoms with van der Waals surface area (Å²) in [5.41, 5.74) is 2.34. The predicted molar refractivity (Wildman–Crippen MR) is 158 cm³/mol. The van der Waals surface area contributed by atoms with Gasteiger partial charge in [0, 0.05) is 50.4 Å². The number of piperidine rings is 1. The van der Waals surface area contributed by atoms with Gasteiger partial charge < -0.3 is 25.6 Å². The fourth-order valence-corrected chi connectivity index (χ4v) is 4.98. The van der Waals surface area contributed by atoms with E-state index in [1.54, 1.807) is 38.2 Å². The molecule has 0 spiro atoms. The number of halogens is 1. The van der Waals surface area contributed by atoms with Crippen molar-refractivity contribution in [3.05, 3.63) is 82.0 Å². The van der Waals surface area contributed by atoms with E-state index >= 15 is 0 Å². The van der Waals surface area contributed by atoms with Gasteiger partial charge in [-0.2, -0.15) is 4.98 Å². The van der Waals surface area contributed by atoms with E-state index in [1.165, 1.54) is 16.7 Å². The molecule has 218 valence electrons. The number of amides is 3. The van der Waals surface area contributed by atoms with E-state index in [-0.39, 0.29) is 23.9 Å². The molecule has 3 amide bonds. The number of pyridine rings is 1. The third-order valence-corrected chi connectivity index (χ3v) is 7.32. The first-order valence-corrected chi connectivity index (χ1v) is 13.6. The number of hydrogen-bond acceptors (Lipinski definition) is 7. The number of benzene rings is 2. The van der Waals surface area contributed by atoms with Crippen LogP contribution in [0.4, 0.5) is 25.6 Å². The zero-order valence-electron chi connectivity index (χ0n) is 23.6. The van der Waals surface area contributed by atoms with Gasteiger partial charge >= 0.3 is 12.1 Å². The minimum atomic E-state index is -0.623. The molecule has 1 saturated heterocycles. The molecule has 3 N–H and O–H groups in total. The Morgan fingerprint density at radius 3 is 2.55 bits per heavy atom. The minimum absolute atomic E-state index is 0.0565. The van der Waals surface area contributed by atoms with Crippen molar-refractivity contribution in [1.82, 2.24) is 24.8 Å². The number of likely N-dealkylation sites (tertiary alicyclic amines) is 1. The summed E-state index contributed by atoms with van der Waals surface area (Å²) in [5, 5.41) is 8.93. The maximum atomic E-state index is 14.9. The molecule has 0 aliphatic carbocycles. The first kappa shape index (κ1) is 28.5. The lowest BCUT2D eigenvalue weighted by Gasteiger charge is -2.31. The maximum absolute atomic E-state index is 14.9. The molecule has 0 unspecified atom stereocenters. The van der Waals surface area contributed by atoms with Crippen molar-refractivity contribution in [2.24, 2.45) is 7.05 Å². The molecule has 5 rings (SSSR count). The van der Waals surface area contributed by atoms with Crippen LogP contribution in [0.25, 0.3) is 22.2 Å². The number of hydrogen-bond donors (Lipinski definition) is 3. The molecule has 2 aromatic carbocycles. The van der Waals surface area contributed by atoms with Gasteiger partial charge in [0.15, 0.2) is 0 Å². The molecular formula is C30H32FN7O4. The molecular weight excluding hydrogens is 541 g/mol. The second-order valence-corrected chi connectivity index (χ2v) is 10.2. The molecule has 0 bridgehead atoms. The Hall–Kier alpha value is -5.00. The fraction of sp³-hybridized carbons (Fsp3) is 0.300. The summed E-state index contributed by atoms with van der Waals surface area (Å²) >= 11 is 0. The van der Waals surface area contributed by atoms with Gasteiger partial charge in [0.25, 0.3) is 5.56 Å². The van der Waals surface area contributed by atoms with Crippen molar-refractivity contribution in [3.8, 4) is 11.1 Å². The quantitative estimate of drug-likeness (QED) is 0.312. The molecule has 4 aromatic rings. The lowest BCUT2D eigenvalue weighted by Crippen LogP contribution is -2.47. The van der Waals surface area contributed by atoms with Crippen LogP contribution in [0.1, 0.15) is 24.0 Å². The topological polar surface area (TPSA) is 130 Å². The Morgan fingerprint density at radius 1 is 1.10 bits per heavy atom. The third-order valence-electron chi connectivity index (χ3n) is 7.32. The predicted octanol–water partition coefficient (Wildman–Crippen LogP) is 4.41. The first-order valence-electron chi connectivity index (χ1n) is 13.6. The van der Waals surface area contributed by atoms with Crippen LogP contribution >= 0.6 is 0 Å². The third kappa shape index (κ3) is 6.17. The van der Waals surface area contributed by atoms with Gasteiger partial charge in [-0.3, -0.25) is 9.36 Å². The number of fused-ring (bicyclic) bond motifs is 1. The lowest BCUT2D eigenvalue weighted by molar-refractivity contribution is 0.0860. The summed E-state index contributed by atoms with van der Waals surface area (Å²) in [5.74, 6) is -0.239. The highest BCUT2D eigenvalue weighted by Gasteiger charge is 2.25. The highest BCUT2D eigenvalue weighted by molar-refractivity contribution is 5.91. The molecule has 3 heterocycles. The van der Waals surface area contributed by atoms with Crippen LogP contribution < -0.4 is 21.5 Å². The summed E-state index contributed by atoms with van der Waals surface area (Å²) in [6, 6.07) is 13.1. The molecule has 0 radical (unpaired) electrons. The van der Waals surface area contributed by atoms with Crippen LogP contribution in [-0.2, 0) is 18.4 Å². The summed E-state index contributed by atoms with van der Waals surface area (Å²) < 4.78 is 21.7. The summed E-state index contributed by atoms with van der Waals surface area (Å²) in [4.78, 5) is 48.7. The SMILES string of the molecule is CNc1ncc2cc(-c3cc(NC(=O)NC4CCN(C(=O)OCc5ccccc5)CC4)c(F)cc3C)c(=O)n(C)c2n1. The van der Waals surface area contributed by atoms with Gasteiger partial charge in [0.1, 0.15) is 18.1 Å². The Bertz CT molecular complexity index is 1690. The number of carbonyl (C=O) groups excluding carboxylic acids is 2. The van der Waals surface area contributed by atoms with Crippen molar-refractivity contribution >= 4 is 34.8 Å². The van der Waals surface area contributed by atoms with Gasteiger partial charge in [-0.25, -0.2) is 19.0 Å². The molecule has 0 atom stereocenters. The van der Waals surface area contributed by atoms with Crippen LogP contribution in [0.5, 0.6) is 0 Å². The minimum Gasteiger partial charge on any atom is -0.445 e. The first-order chi connectivity index (χ1) is 20.2. The summed E-state index contributed by atoms with van der Waals surface area (Å²) in [6.45, 7) is 2.74. The standard InChI is InChI=1S/C30H32FN7O4/c1-18-13-24(31)25(15-22(18)23-14-20-16-33-28(32-2)36-26(20)37(3)27(23)39)35-29(40)34-21-9-11-38(12-10-21)30(41)42-17-19-7-5-4-6-8-19/h4-8,13-16,21H,9-12,17H2,1-3H3,(H,32,33,36)(H2,34,35,40). The molecule has 1 aliphatic heterocycles. The number of nitrogens with zero attached hydrogens (tertiary/aromatic N) is 4. The van der Waals surface area contributed by atoms with Gasteiger partial charge in [-0.05, 0) is 54.7 Å². The summed E-state index contributed by atoms with van der Waals surface area (Å²) in [7, 11) is 3.30. The van der Waals surface area contributed by atoms with Crippen LogP contribution in [0.3, 0.4) is 0 Å². The number of carbonyl (C=O) groups is 2. The normalized spacial score (nSPS) is 13.6. The average Bonchev–Trinajstić information content (AvgIpc) is 3.00. The maximum Gasteiger partial charge on any atom is 0.410 e. The number of aromatic nitrogens is 3. The van der Waals surface area contributed by atoms with Crippen molar-refractivity contribution in [3.63, 3.8) is 0 Å². The Labute approximate surface area is 241 Å². The van der Waals surface area contributed by atoms with Crippen molar-refractivity contribution < 1.29 is 18.7 Å². The highest BCUT2D eigenvalue weighted by atomic mass is 19.1. The largest absolute Gasteiger partial charge is 0.445 e. The van der Waals surface area contributed by atoms with Gasteiger partial charge in [0.05, 0.1) is 5.69 Å². The zero-order valence-corrected chi connectivity index (χ0v) is 23.6. The van der Waals surface area contributed by atoms with E-state index in [0.29, 0.717) is 59.6 Å². The Balaban J connectivity index is 1.23. The smallest absolute Gasteiger partial charge is 0.410 e. The van der Waals surface area contributed by atoms with Crippen LogP contribution in [0, 0.1) is 12.7 Å². The van der Waals surface area contributed by atoms with Crippen molar-refractivity contribution in [1.29, 1.82) is 0 Å². The molecule has 42 heavy (non-hydrogen) atoms. The molecule has 12 heteroatoms. The monoisotopic (exact) mass is 573 g/mol. The second kappa shape index (κ2) is 12.2. The number of rotatable bonds is 6. The zero-order chi connectivity index (χ0) is 29.8. The van der Waals surface area contributed by atoms with Crippen molar-refractivity contribution in [2.45, 2.75) is 32.4 Å². The summed E-state index contributed by atoms with van der Waals surface area (Å²) in [6.07, 6.45) is 2.27. The van der Waals surface area contributed by atoms with Crippen LogP contribution in [0.2, 0.25) is 0 Å². The average molecular weight is 574 g/mol. The van der Waals surface area contributed by atoms with E-state index < -0.39 is 17.9 Å². The molecule has 1 aliphatic rings. The van der Waals surface area contributed by atoms with Gasteiger partial charge in [-0.15, -0.1) is 0 Å². The Kier molecular flexibility index (Phi) is 8.32. The lowest BCUT2D eigenvalue weighted by atomic mass is 9.99. The van der Waals surface area contributed by atoms with Crippen LogP contribution in [0.15, 0.2) is 59.5 Å². The highest BCUT2D eigenvalue weighted by Crippen LogP contribution is 2.29. The van der Waals surface area contributed by atoms with E-state index in [2.05, 4.69) is 25.9 Å². The van der Waals surface area contributed by atoms with E-state index in [0.717, 1.165) is 5.56 Å². The molecule has 2 aromatic heterocycles.